The van der Waals surface area contributed by atoms with E-state index >= 15 is 0 Å². The van der Waals surface area contributed by atoms with Crippen LogP contribution in [0.3, 0.4) is 0 Å². The van der Waals surface area contributed by atoms with E-state index < -0.39 is 5.97 Å². The number of esters is 1. The third-order valence-corrected chi connectivity index (χ3v) is 6.91. The molecule has 2 heterocycles. The van der Waals surface area contributed by atoms with Gasteiger partial charge in [-0.25, -0.2) is 4.79 Å². The number of ether oxygens (including phenoxy) is 3. The van der Waals surface area contributed by atoms with Gasteiger partial charge in [0.15, 0.2) is 0 Å². The van der Waals surface area contributed by atoms with Crippen molar-refractivity contribution in [2.75, 3.05) is 52.5 Å². The van der Waals surface area contributed by atoms with Crippen molar-refractivity contribution in [3.8, 4) is 0 Å². The SMILES string of the molecule is C=C(/C=C(\C)N(CCN1CCC(NCC2=CCC3OCCOC3=C2)CC1)C(C)=O)C(=O)OCCCC. The zero-order valence-corrected chi connectivity index (χ0v) is 22.2. The first-order valence-corrected chi connectivity index (χ1v) is 13.3. The van der Waals surface area contributed by atoms with Crippen LogP contribution in [-0.4, -0.2) is 86.4 Å². The summed E-state index contributed by atoms with van der Waals surface area (Å²) in [5.41, 5.74) is 2.24. The van der Waals surface area contributed by atoms with Crippen LogP contribution in [0, 0.1) is 0 Å². The van der Waals surface area contributed by atoms with Crippen LogP contribution in [0.15, 0.2) is 47.4 Å². The van der Waals surface area contributed by atoms with Crippen LogP contribution in [0.25, 0.3) is 0 Å². The molecule has 1 unspecified atom stereocenters. The third kappa shape index (κ3) is 8.61. The number of nitrogens with zero attached hydrogens (tertiary/aromatic N) is 2. The lowest BCUT2D eigenvalue weighted by Gasteiger charge is -2.34. The second-order valence-electron chi connectivity index (χ2n) is 9.74. The first kappa shape index (κ1) is 28.2. The summed E-state index contributed by atoms with van der Waals surface area (Å²) in [4.78, 5) is 28.5. The molecule has 8 nitrogen and oxygen atoms in total. The van der Waals surface area contributed by atoms with E-state index in [9.17, 15) is 9.59 Å². The number of rotatable bonds is 12. The van der Waals surface area contributed by atoms with Gasteiger partial charge in [-0.2, -0.15) is 0 Å². The zero-order valence-electron chi connectivity index (χ0n) is 22.2. The average molecular weight is 502 g/mol. The summed E-state index contributed by atoms with van der Waals surface area (Å²) in [5, 5.41) is 3.70. The Balaban J connectivity index is 1.39. The Hall–Kier alpha value is -2.42. The maximum atomic E-state index is 12.3. The molecule has 2 aliphatic heterocycles. The van der Waals surface area contributed by atoms with Crippen LogP contribution in [0.1, 0.15) is 52.9 Å². The number of hydrogen-bond acceptors (Lipinski definition) is 7. The average Bonchev–Trinajstić information content (AvgIpc) is 2.88. The maximum Gasteiger partial charge on any atom is 0.337 e. The van der Waals surface area contributed by atoms with Gasteiger partial charge in [0.05, 0.1) is 18.8 Å². The van der Waals surface area contributed by atoms with Gasteiger partial charge in [0.2, 0.25) is 5.91 Å². The molecule has 1 N–H and O–H groups in total. The van der Waals surface area contributed by atoms with Crippen LogP contribution in [0.2, 0.25) is 0 Å². The molecule has 0 bridgehead atoms. The number of piperidine rings is 1. The first-order chi connectivity index (χ1) is 17.4. The van der Waals surface area contributed by atoms with Gasteiger partial charge in [0.1, 0.15) is 18.5 Å². The summed E-state index contributed by atoms with van der Waals surface area (Å²) in [6.45, 7) is 15.1. The summed E-state index contributed by atoms with van der Waals surface area (Å²) < 4.78 is 16.7. The predicted octanol–water partition coefficient (Wildman–Crippen LogP) is 3.32. The minimum Gasteiger partial charge on any atom is -0.493 e. The van der Waals surface area contributed by atoms with Gasteiger partial charge in [-0.15, -0.1) is 0 Å². The normalized spacial score (nSPS) is 21.1. The first-order valence-electron chi connectivity index (χ1n) is 13.3. The molecular weight excluding hydrogens is 458 g/mol. The molecule has 200 valence electrons. The molecule has 1 aliphatic carbocycles. The van der Waals surface area contributed by atoms with Crippen molar-refractivity contribution < 1.29 is 23.8 Å². The standard InChI is InChI=1S/C28H43N3O5/c1-5-6-15-36-28(33)21(2)18-22(3)31(23(4)32)14-13-30-11-9-25(10-12-30)29-20-24-7-8-26-27(19-24)35-17-16-34-26/h7,18-19,25-26,29H,2,5-6,8-17,20H2,1,3-4H3/b22-18+. The molecule has 2 saturated heterocycles. The number of fused-ring (bicyclic) bond motifs is 1. The number of unbranched alkanes of at least 4 members (excludes halogenated alkanes) is 1. The summed E-state index contributed by atoms with van der Waals surface area (Å²) in [6.07, 6.45) is 10.9. The zero-order chi connectivity index (χ0) is 25.9. The van der Waals surface area contributed by atoms with E-state index in [1.54, 1.807) is 17.9 Å². The number of amides is 1. The summed E-state index contributed by atoms with van der Waals surface area (Å²) >= 11 is 0. The lowest BCUT2D eigenvalue weighted by atomic mass is 10.0. The molecule has 0 spiro atoms. The second kappa shape index (κ2) is 14.4. The largest absolute Gasteiger partial charge is 0.493 e. The molecule has 2 fully saturated rings. The van der Waals surface area contributed by atoms with Crippen LogP contribution < -0.4 is 5.32 Å². The molecule has 8 heteroatoms. The molecule has 1 amide bonds. The molecule has 0 aromatic rings. The lowest BCUT2D eigenvalue weighted by molar-refractivity contribution is -0.138. The van der Waals surface area contributed by atoms with Crippen molar-refractivity contribution in [3.05, 3.63) is 47.4 Å². The quantitative estimate of drug-likeness (QED) is 0.190. The topological polar surface area (TPSA) is 80.3 Å². The molecule has 0 aromatic heterocycles. The van der Waals surface area contributed by atoms with Crippen molar-refractivity contribution in [2.24, 2.45) is 0 Å². The van der Waals surface area contributed by atoms with E-state index in [0.717, 1.165) is 64.0 Å². The van der Waals surface area contributed by atoms with Crippen molar-refractivity contribution in [3.63, 3.8) is 0 Å². The monoisotopic (exact) mass is 501 g/mol. The molecule has 1 atom stereocenters. The van der Waals surface area contributed by atoms with E-state index in [0.29, 0.717) is 38.1 Å². The fourth-order valence-corrected chi connectivity index (χ4v) is 4.70. The van der Waals surface area contributed by atoms with E-state index in [1.165, 1.54) is 5.57 Å². The molecular formula is C28H43N3O5. The van der Waals surface area contributed by atoms with E-state index in [-0.39, 0.29) is 17.6 Å². The number of carbonyl (C=O) groups excluding carboxylic acids is 2. The second-order valence-corrected chi connectivity index (χ2v) is 9.74. The van der Waals surface area contributed by atoms with Gasteiger partial charge in [0.25, 0.3) is 0 Å². The summed E-state index contributed by atoms with van der Waals surface area (Å²) in [6, 6.07) is 0.481. The van der Waals surface area contributed by atoms with Gasteiger partial charge < -0.3 is 29.3 Å². The predicted molar refractivity (Wildman–Crippen MR) is 140 cm³/mol. The van der Waals surface area contributed by atoms with Gasteiger partial charge in [-0.3, -0.25) is 4.79 Å². The Morgan fingerprint density at radius 1 is 1.28 bits per heavy atom. The van der Waals surface area contributed by atoms with Crippen molar-refractivity contribution in [2.45, 2.75) is 65.0 Å². The van der Waals surface area contributed by atoms with Gasteiger partial charge in [-0.1, -0.05) is 26.0 Å². The van der Waals surface area contributed by atoms with Crippen LogP contribution in [0.5, 0.6) is 0 Å². The number of hydrogen-bond donors (Lipinski definition) is 1. The van der Waals surface area contributed by atoms with Crippen molar-refractivity contribution in [1.29, 1.82) is 0 Å². The highest BCUT2D eigenvalue weighted by Gasteiger charge is 2.25. The molecule has 36 heavy (non-hydrogen) atoms. The highest BCUT2D eigenvalue weighted by Crippen LogP contribution is 2.24. The third-order valence-electron chi connectivity index (χ3n) is 6.91. The van der Waals surface area contributed by atoms with Crippen molar-refractivity contribution in [1.82, 2.24) is 15.1 Å². The van der Waals surface area contributed by atoms with Crippen LogP contribution >= 0.6 is 0 Å². The van der Waals surface area contributed by atoms with Gasteiger partial charge in [-0.05, 0) is 63.4 Å². The van der Waals surface area contributed by atoms with Gasteiger partial charge in [0, 0.05) is 38.3 Å². The molecule has 3 aliphatic rings. The van der Waals surface area contributed by atoms with E-state index in [1.807, 2.05) is 13.8 Å². The summed E-state index contributed by atoms with van der Waals surface area (Å²) in [5.74, 6) is 0.490. The Morgan fingerprint density at radius 3 is 2.78 bits per heavy atom. The molecule has 3 rings (SSSR count). The maximum absolute atomic E-state index is 12.3. The van der Waals surface area contributed by atoms with E-state index in [4.69, 9.17) is 14.2 Å². The van der Waals surface area contributed by atoms with Crippen LogP contribution in [-0.2, 0) is 23.8 Å². The number of likely N-dealkylation sites (tertiary alicyclic amines) is 1. The Kier molecular flexibility index (Phi) is 11.2. The summed E-state index contributed by atoms with van der Waals surface area (Å²) in [7, 11) is 0. The van der Waals surface area contributed by atoms with Crippen LogP contribution in [0.4, 0.5) is 0 Å². The highest BCUT2D eigenvalue weighted by atomic mass is 16.6. The Bertz CT molecular complexity index is 870. The Morgan fingerprint density at radius 2 is 2.06 bits per heavy atom. The highest BCUT2D eigenvalue weighted by molar-refractivity contribution is 5.91. The molecule has 0 saturated carbocycles. The molecule has 0 radical (unpaired) electrons. The number of nitrogens with one attached hydrogen (secondary N) is 1. The van der Waals surface area contributed by atoms with Gasteiger partial charge >= 0.3 is 5.97 Å². The molecule has 0 aromatic carbocycles. The number of allylic oxidation sites excluding steroid dienone is 1. The fourth-order valence-electron chi connectivity index (χ4n) is 4.70. The number of carbonyl (C=O) groups is 2. The lowest BCUT2D eigenvalue weighted by Crippen LogP contribution is -2.45. The fraction of sp³-hybridized carbons (Fsp3) is 0.643. The minimum atomic E-state index is -0.430. The van der Waals surface area contributed by atoms with E-state index in [2.05, 4.69) is 28.9 Å². The minimum absolute atomic E-state index is 0.0445. The smallest absolute Gasteiger partial charge is 0.337 e. The van der Waals surface area contributed by atoms with Crippen molar-refractivity contribution >= 4 is 11.9 Å². The Labute approximate surface area is 216 Å².